The van der Waals surface area contributed by atoms with E-state index < -0.39 is 0 Å². The normalized spacial score (nSPS) is 32.2. The molecule has 2 atom stereocenters. The molecule has 3 nitrogen and oxygen atoms in total. The van der Waals surface area contributed by atoms with Crippen molar-refractivity contribution in [3.63, 3.8) is 0 Å². The topological polar surface area (TPSA) is 38.7 Å². The highest BCUT2D eigenvalue weighted by molar-refractivity contribution is 5.94. The minimum Gasteiger partial charge on any atom is -0.392 e. The molecule has 2 unspecified atom stereocenters. The maximum atomic E-state index is 10.7. The van der Waals surface area contributed by atoms with Gasteiger partial charge in [-0.1, -0.05) is 5.16 Å². The van der Waals surface area contributed by atoms with Crippen molar-refractivity contribution in [3.8, 4) is 0 Å². The quantitative estimate of drug-likeness (QED) is 0.517. The second kappa shape index (κ2) is 2.17. The van der Waals surface area contributed by atoms with Gasteiger partial charge >= 0.3 is 0 Å². The number of carbonyl (C=O) groups is 1. The molecule has 1 heterocycles. The Morgan fingerprint density at radius 3 is 2.67 bits per heavy atom. The first-order valence-corrected chi connectivity index (χ1v) is 2.91. The van der Waals surface area contributed by atoms with Crippen LogP contribution in [0.15, 0.2) is 5.16 Å². The molecule has 0 saturated carbocycles. The summed E-state index contributed by atoms with van der Waals surface area (Å²) in [5.41, 5.74) is 0. The Labute approximate surface area is 53.7 Å². The van der Waals surface area contributed by atoms with Crippen LogP contribution >= 0.6 is 0 Å². The molecule has 0 spiro atoms. The van der Waals surface area contributed by atoms with Crippen molar-refractivity contribution < 1.29 is 9.63 Å². The Balaban J connectivity index is 2.59. The Hall–Kier alpha value is -0.860. The van der Waals surface area contributed by atoms with E-state index >= 15 is 0 Å². The van der Waals surface area contributed by atoms with Crippen molar-refractivity contribution in [2.24, 2.45) is 11.1 Å². The molecule has 0 bridgehead atoms. The molecule has 0 saturated heterocycles. The molecule has 1 aliphatic rings. The number of ketones is 1. The molecule has 0 amide bonds. The van der Waals surface area contributed by atoms with Gasteiger partial charge in [-0.05, 0) is 13.8 Å². The zero-order valence-corrected chi connectivity index (χ0v) is 5.50. The number of nitrogens with zero attached hydrogens (tertiary/aromatic N) is 1. The van der Waals surface area contributed by atoms with E-state index in [-0.39, 0.29) is 17.8 Å². The van der Waals surface area contributed by atoms with Crippen LogP contribution in [0.25, 0.3) is 0 Å². The van der Waals surface area contributed by atoms with Gasteiger partial charge in [0, 0.05) is 0 Å². The van der Waals surface area contributed by atoms with Crippen LogP contribution in [0.1, 0.15) is 13.8 Å². The van der Waals surface area contributed by atoms with Crippen LogP contribution in [0.5, 0.6) is 0 Å². The molecule has 3 heteroatoms. The molecule has 1 rings (SSSR count). The zero-order valence-electron chi connectivity index (χ0n) is 5.50. The number of hydrogen-bond acceptors (Lipinski definition) is 3. The Morgan fingerprint density at radius 2 is 2.44 bits per heavy atom. The number of rotatable bonds is 1. The first-order valence-electron chi connectivity index (χ1n) is 2.91. The van der Waals surface area contributed by atoms with Crippen molar-refractivity contribution in [1.29, 1.82) is 0 Å². The molecule has 0 N–H and O–H groups in total. The van der Waals surface area contributed by atoms with Crippen LogP contribution in [0.4, 0.5) is 0 Å². The van der Waals surface area contributed by atoms with Gasteiger partial charge in [-0.25, -0.2) is 0 Å². The van der Waals surface area contributed by atoms with Gasteiger partial charge in [-0.2, -0.15) is 0 Å². The lowest BCUT2D eigenvalue weighted by Gasteiger charge is -2.05. The maximum absolute atomic E-state index is 10.7. The first kappa shape index (κ1) is 6.26. The minimum atomic E-state index is -0.120. The maximum Gasteiger partial charge on any atom is 0.142 e. The predicted octanol–water partition coefficient (Wildman–Crippen LogP) is 0.596. The van der Waals surface area contributed by atoms with Crippen molar-refractivity contribution in [1.82, 2.24) is 0 Å². The summed E-state index contributed by atoms with van der Waals surface area (Å²) in [4.78, 5) is 15.5. The van der Waals surface area contributed by atoms with Crippen LogP contribution in [-0.2, 0) is 9.63 Å². The lowest BCUT2D eigenvalue weighted by atomic mass is 10.0. The molecular formula is C6H9NO2. The van der Waals surface area contributed by atoms with Crippen LogP contribution in [0.2, 0.25) is 0 Å². The van der Waals surface area contributed by atoms with E-state index in [9.17, 15) is 4.79 Å². The second-order valence-corrected chi connectivity index (χ2v) is 2.20. The molecule has 50 valence electrons. The van der Waals surface area contributed by atoms with Crippen molar-refractivity contribution in [2.75, 3.05) is 0 Å². The van der Waals surface area contributed by atoms with E-state index in [2.05, 4.69) is 5.16 Å². The van der Waals surface area contributed by atoms with Crippen LogP contribution in [0.3, 0.4) is 0 Å². The smallest absolute Gasteiger partial charge is 0.142 e. The Morgan fingerprint density at radius 1 is 1.78 bits per heavy atom. The summed E-state index contributed by atoms with van der Waals surface area (Å²) in [5, 5.41) is 3.52. The van der Waals surface area contributed by atoms with Gasteiger partial charge in [0.25, 0.3) is 0 Å². The summed E-state index contributed by atoms with van der Waals surface area (Å²) in [7, 11) is 0. The standard InChI is InChI=1S/C6H9NO2/c1-4(8)6-3-7-9-5(6)2/h3,5-6H,1-2H3. The van der Waals surface area contributed by atoms with Crippen LogP contribution in [0, 0.1) is 5.92 Å². The molecule has 0 aromatic carbocycles. The van der Waals surface area contributed by atoms with Gasteiger partial charge < -0.3 is 4.84 Å². The Bertz CT molecular complexity index is 153. The van der Waals surface area contributed by atoms with Crippen molar-refractivity contribution >= 4 is 12.0 Å². The number of carbonyl (C=O) groups excluding carboxylic acids is 1. The predicted molar refractivity (Wildman–Crippen MR) is 33.2 cm³/mol. The second-order valence-electron chi connectivity index (χ2n) is 2.20. The third-order valence-corrected chi connectivity index (χ3v) is 1.42. The highest BCUT2D eigenvalue weighted by atomic mass is 16.6. The third kappa shape index (κ3) is 1.09. The summed E-state index contributed by atoms with van der Waals surface area (Å²) in [6.07, 6.45) is 1.48. The third-order valence-electron chi connectivity index (χ3n) is 1.42. The summed E-state index contributed by atoms with van der Waals surface area (Å²) in [6, 6.07) is 0. The number of Topliss-reactive ketones (excluding diaryl/α,β-unsaturated/α-hetero) is 1. The fraction of sp³-hybridized carbons (Fsp3) is 0.667. The largest absolute Gasteiger partial charge is 0.392 e. The number of hydrogen-bond donors (Lipinski definition) is 0. The van der Waals surface area contributed by atoms with Crippen LogP contribution < -0.4 is 0 Å². The van der Waals surface area contributed by atoms with Crippen LogP contribution in [-0.4, -0.2) is 18.1 Å². The van der Waals surface area contributed by atoms with Gasteiger partial charge in [0.2, 0.25) is 0 Å². The summed E-state index contributed by atoms with van der Waals surface area (Å²) < 4.78 is 0. The van der Waals surface area contributed by atoms with E-state index in [4.69, 9.17) is 4.84 Å². The number of oxime groups is 1. The minimum absolute atomic E-state index is 0.0671. The average Bonchev–Trinajstić information content (AvgIpc) is 2.13. The average molecular weight is 127 g/mol. The lowest BCUT2D eigenvalue weighted by Crippen LogP contribution is -2.21. The van der Waals surface area contributed by atoms with E-state index in [1.807, 2.05) is 6.92 Å². The lowest BCUT2D eigenvalue weighted by molar-refractivity contribution is -0.121. The van der Waals surface area contributed by atoms with Crippen molar-refractivity contribution in [3.05, 3.63) is 0 Å². The van der Waals surface area contributed by atoms with Gasteiger partial charge in [0.1, 0.15) is 11.9 Å². The summed E-state index contributed by atoms with van der Waals surface area (Å²) in [5.74, 6) is -0.00579. The zero-order chi connectivity index (χ0) is 6.85. The molecule has 1 aliphatic heterocycles. The monoisotopic (exact) mass is 127 g/mol. The van der Waals surface area contributed by atoms with E-state index in [1.54, 1.807) is 13.1 Å². The molecule has 0 aromatic rings. The molecule has 0 aliphatic carbocycles. The summed E-state index contributed by atoms with van der Waals surface area (Å²) >= 11 is 0. The molecular weight excluding hydrogens is 118 g/mol. The van der Waals surface area contributed by atoms with Gasteiger partial charge in [-0.15, -0.1) is 0 Å². The Kier molecular flexibility index (Phi) is 1.51. The molecule has 9 heavy (non-hydrogen) atoms. The molecule has 0 fully saturated rings. The fourth-order valence-corrected chi connectivity index (χ4v) is 0.819. The van der Waals surface area contributed by atoms with E-state index in [0.29, 0.717) is 0 Å². The highest BCUT2D eigenvalue weighted by Gasteiger charge is 2.25. The van der Waals surface area contributed by atoms with Gasteiger partial charge in [0.15, 0.2) is 0 Å². The first-order chi connectivity index (χ1) is 4.22. The fourth-order valence-electron chi connectivity index (χ4n) is 0.819. The molecule has 0 aromatic heterocycles. The SMILES string of the molecule is CC(=O)C1C=NOC1C. The van der Waals surface area contributed by atoms with E-state index in [1.165, 1.54) is 0 Å². The highest BCUT2D eigenvalue weighted by Crippen LogP contribution is 2.12. The van der Waals surface area contributed by atoms with Gasteiger partial charge in [0.05, 0.1) is 12.1 Å². The van der Waals surface area contributed by atoms with Gasteiger partial charge in [-0.3, -0.25) is 4.79 Å². The summed E-state index contributed by atoms with van der Waals surface area (Å²) in [6.45, 7) is 3.38. The molecule has 0 radical (unpaired) electrons. The van der Waals surface area contributed by atoms with Crippen molar-refractivity contribution in [2.45, 2.75) is 20.0 Å². The van der Waals surface area contributed by atoms with E-state index in [0.717, 1.165) is 0 Å².